The van der Waals surface area contributed by atoms with Crippen molar-refractivity contribution in [2.75, 3.05) is 13.1 Å². The lowest BCUT2D eigenvalue weighted by molar-refractivity contribution is -0.143. The quantitative estimate of drug-likeness (QED) is 0.132. The number of likely N-dealkylation sites (tertiary alicyclic amines) is 1. The lowest BCUT2D eigenvalue weighted by Gasteiger charge is -2.38. The molecule has 6 N–H and O–H groups in total. The number of aliphatic hydroxyl groups excluding tert-OH is 2. The number of aromatic nitrogens is 1. The Morgan fingerprint density at radius 3 is 2.51 bits per heavy atom. The minimum atomic E-state index is -1.21. The van der Waals surface area contributed by atoms with Gasteiger partial charge in [-0.05, 0) is 52.4 Å². The van der Waals surface area contributed by atoms with Crippen LogP contribution in [0.25, 0.3) is 0 Å². The van der Waals surface area contributed by atoms with Crippen molar-refractivity contribution in [3.63, 3.8) is 0 Å². The SMILES string of the molecule is CC[C@@H](C)[C@H](NC(O)c1cc(C)on1)C(O)N1CCC[C@H]1C(=O)N[C@@H](CC1(C)CCNC1=O)C(=O)C(=O)NC(C)C. The third-order valence-corrected chi connectivity index (χ3v) is 8.23. The molecule has 2 saturated heterocycles. The largest absolute Gasteiger partial charge is 0.377 e. The second kappa shape index (κ2) is 13.9. The predicted molar refractivity (Wildman–Crippen MR) is 149 cm³/mol. The minimum Gasteiger partial charge on any atom is -0.377 e. The minimum absolute atomic E-state index is 0.0233. The van der Waals surface area contributed by atoms with Gasteiger partial charge in [0.15, 0.2) is 6.23 Å². The van der Waals surface area contributed by atoms with Gasteiger partial charge in [0.2, 0.25) is 17.6 Å². The van der Waals surface area contributed by atoms with Crippen molar-refractivity contribution in [3.8, 4) is 0 Å². The van der Waals surface area contributed by atoms with E-state index >= 15 is 0 Å². The second-order valence-corrected chi connectivity index (χ2v) is 12.0. The number of carbonyl (C=O) groups excluding carboxylic acids is 4. The van der Waals surface area contributed by atoms with Gasteiger partial charge < -0.3 is 30.7 Å². The van der Waals surface area contributed by atoms with E-state index in [1.165, 1.54) is 0 Å². The summed E-state index contributed by atoms with van der Waals surface area (Å²) in [6, 6.07) is -1.30. The van der Waals surface area contributed by atoms with E-state index in [0.717, 1.165) is 0 Å². The maximum Gasteiger partial charge on any atom is 0.289 e. The van der Waals surface area contributed by atoms with Crippen LogP contribution in [0.15, 0.2) is 10.6 Å². The van der Waals surface area contributed by atoms with Crippen LogP contribution in [-0.4, -0.2) is 87.3 Å². The molecule has 0 aliphatic carbocycles. The molecule has 7 atom stereocenters. The normalized spacial score (nSPS) is 24.9. The molecule has 1 aromatic rings. The summed E-state index contributed by atoms with van der Waals surface area (Å²) >= 11 is 0. The van der Waals surface area contributed by atoms with Gasteiger partial charge in [0.1, 0.15) is 17.7 Å². The van der Waals surface area contributed by atoms with Crippen molar-refractivity contribution in [1.82, 2.24) is 31.3 Å². The predicted octanol–water partition coefficient (Wildman–Crippen LogP) is 0.256. The highest BCUT2D eigenvalue weighted by atomic mass is 16.5. The lowest BCUT2D eigenvalue weighted by Crippen LogP contribution is -2.59. The van der Waals surface area contributed by atoms with Gasteiger partial charge >= 0.3 is 0 Å². The Kier molecular flexibility index (Phi) is 11.0. The molecule has 0 bridgehead atoms. The van der Waals surface area contributed by atoms with Gasteiger partial charge in [0, 0.05) is 25.2 Å². The number of hydrogen-bond acceptors (Lipinski definition) is 10. The number of aliphatic hydroxyl groups is 2. The number of hydrogen-bond donors (Lipinski definition) is 6. The Morgan fingerprint density at radius 2 is 1.95 bits per heavy atom. The summed E-state index contributed by atoms with van der Waals surface area (Å²) in [5.41, 5.74) is -0.633. The molecule has 2 aliphatic heterocycles. The van der Waals surface area contributed by atoms with Crippen molar-refractivity contribution < 1.29 is 33.9 Å². The fourth-order valence-electron chi connectivity index (χ4n) is 5.57. The third-order valence-electron chi connectivity index (χ3n) is 8.23. The summed E-state index contributed by atoms with van der Waals surface area (Å²) in [6.07, 6.45) is -0.159. The number of aryl methyl sites for hydroxylation is 1. The maximum atomic E-state index is 13.6. The van der Waals surface area contributed by atoms with Crippen LogP contribution >= 0.6 is 0 Å². The summed E-state index contributed by atoms with van der Waals surface area (Å²) in [6.45, 7) is 11.6. The molecule has 2 fully saturated rings. The van der Waals surface area contributed by atoms with Crippen LogP contribution in [-0.2, 0) is 19.2 Å². The molecule has 0 saturated carbocycles. The number of rotatable bonds is 14. The Hall–Kier alpha value is -2.87. The van der Waals surface area contributed by atoms with E-state index in [2.05, 4.69) is 26.4 Å². The van der Waals surface area contributed by atoms with Gasteiger partial charge in [-0.15, -0.1) is 0 Å². The van der Waals surface area contributed by atoms with Gasteiger partial charge in [-0.2, -0.15) is 0 Å². The summed E-state index contributed by atoms with van der Waals surface area (Å²) in [5.74, 6) is -1.93. The molecule has 230 valence electrons. The highest BCUT2D eigenvalue weighted by Gasteiger charge is 2.45. The van der Waals surface area contributed by atoms with Gasteiger partial charge in [-0.1, -0.05) is 32.3 Å². The zero-order valence-electron chi connectivity index (χ0n) is 24.9. The molecule has 3 rings (SSSR count). The summed E-state index contributed by atoms with van der Waals surface area (Å²) in [7, 11) is 0. The van der Waals surface area contributed by atoms with Crippen LogP contribution in [0, 0.1) is 18.3 Å². The number of nitrogens with one attached hydrogen (secondary N) is 4. The smallest absolute Gasteiger partial charge is 0.289 e. The van der Waals surface area contributed by atoms with E-state index < -0.39 is 53.6 Å². The molecule has 2 aliphatic rings. The zero-order chi connectivity index (χ0) is 30.5. The standard InChI is InChI=1S/C28H46N6O7/c1-7-16(4)21(32-23(36)18-13-17(5)41-33-18)26(39)34-12-8-9-20(34)24(37)31-19(22(35)25(38)30-15(2)3)14-28(6)10-11-29-27(28)40/h13,15-16,19-21,23,26,32,36,39H,7-12,14H2,1-6H3,(H,29,40)(H,30,38)(H,31,37)/t16-,19+,20+,21+,23?,26?,28?/m1/s1. The fourth-order valence-corrected chi connectivity index (χ4v) is 5.57. The molecule has 41 heavy (non-hydrogen) atoms. The number of ketones is 1. The molecule has 13 nitrogen and oxygen atoms in total. The maximum absolute atomic E-state index is 13.6. The fraction of sp³-hybridized carbons (Fsp3) is 0.750. The zero-order valence-corrected chi connectivity index (χ0v) is 24.9. The highest BCUT2D eigenvalue weighted by Crippen LogP contribution is 2.32. The Labute approximate surface area is 241 Å². The van der Waals surface area contributed by atoms with Crippen LogP contribution in [0.2, 0.25) is 0 Å². The first kappa shape index (κ1) is 32.6. The first-order chi connectivity index (χ1) is 19.3. The highest BCUT2D eigenvalue weighted by molar-refractivity contribution is 6.38. The molecule has 13 heteroatoms. The van der Waals surface area contributed by atoms with E-state index in [-0.39, 0.29) is 30.0 Å². The second-order valence-electron chi connectivity index (χ2n) is 12.0. The van der Waals surface area contributed by atoms with Crippen LogP contribution in [0.3, 0.4) is 0 Å². The topological polar surface area (TPSA) is 186 Å². The van der Waals surface area contributed by atoms with E-state index in [1.807, 2.05) is 13.8 Å². The van der Waals surface area contributed by atoms with E-state index in [0.29, 0.717) is 44.5 Å². The summed E-state index contributed by atoms with van der Waals surface area (Å²) in [4.78, 5) is 53.7. The molecule has 1 aromatic heterocycles. The van der Waals surface area contributed by atoms with E-state index in [1.54, 1.807) is 38.7 Å². The third kappa shape index (κ3) is 7.91. The van der Waals surface area contributed by atoms with Crippen molar-refractivity contribution in [3.05, 3.63) is 17.5 Å². The van der Waals surface area contributed by atoms with Crippen LogP contribution in [0.5, 0.6) is 0 Å². The molecule has 3 unspecified atom stereocenters. The average Bonchev–Trinajstić information content (AvgIpc) is 3.65. The molecule has 0 radical (unpaired) electrons. The molecule has 0 spiro atoms. The number of nitrogens with zero attached hydrogens (tertiary/aromatic N) is 2. The Bertz CT molecular complexity index is 1090. The molecule has 3 heterocycles. The average molecular weight is 579 g/mol. The monoisotopic (exact) mass is 578 g/mol. The first-order valence-electron chi connectivity index (χ1n) is 14.5. The molecule has 3 amide bonds. The molecule has 0 aromatic carbocycles. The van der Waals surface area contributed by atoms with Gasteiger partial charge in [0.05, 0.1) is 23.5 Å². The van der Waals surface area contributed by atoms with Crippen LogP contribution in [0.1, 0.15) is 84.4 Å². The van der Waals surface area contributed by atoms with Gasteiger partial charge in [0.25, 0.3) is 5.91 Å². The summed E-state index contributed by atoms with van der Waals surface area (Å²) < 4.78 is 5.06. The van der Waals surface area contributed by atoms with Gasteiger partial charge in [-0.25, -0.2) is 0 Å². The van der Waals surface area contributed by atoms with Crippen molar-refractivity contribution in [1.29, 1.82) is 0 Å². The lowest BCUT2D eigenvalue weighted by atomic mass is 9.81. The Balaban J connectivity index is 1.79. The van der Waals surface area contributed by atoms with Crippen molar-refractivity contribution >= 4 is 23.5 Å². The van der Waals surface area contributed by atoms with Crippen molar-refractivity contribution in [2.45, 2.75) is 110 Å². The molecular formula is C28H46N6O7. The van der Waals surface area contributed by atoms with Gasteiger partial charge in [-0.3, -0.25) is 29.4 Å². The van der Waals surface area contributed by atoms with Crippen molar-refractivity contribution in [2.24, 2.45) is 11.3 Å². The Morgan fingerprint density at radius 1 is 1.24 bits per heavy atom. The van der Waals surface area contributed by atoms with Crippen LogP contribution < -0.4 is 21.3 Å². The number of carbonyl (C=O) groups is 4. The summed E-state index contributed by atoms with van der Waals surface area (Å²) in [5, 5.41) is 37.2. The van der Waals surface area contributed by atoms with E-state index in [4.69, 9.17) is 4.52 Å². The number of Topliss-reactive ketones (excluding diaryl/α,β-unsaturated/α-hetero) is 1. The molecular weight excluding hydrogens is 532 g/mol. The van der Waals surface area contributed by atoms with E-state index in [9.17, 15) is 29.4 Å². The number of amides is 3. The first-order valence-corrected chi connectivity index (χ1v) is 14.5. The van der Waals surface area contributed by atoms with Crippen LogP contribution in [0.4, 0.5) is 0 Å².